The Bertz CT molecular complexity index is 127. The number of carbonyl (C=O) groups excluding carboxylic acids is 1. The molecule has 0 aromatic rings. The molecule has 0 spiro atoms. The van der Waals surface area contributed by atoms with Crippen molar-refractivity contribution >= 4 is 5.91 Å². The SMILES string of the molecule is CCNC(=O)C1CCCN1.[HH].[HH]. The minimum Gasteiger partial charge on any atom is -0.355 e. The molecule has 1 aliphatic heterocycles. The van der Waals surface area contributed by atoms with Gasteiger partial charge in [0.2, 0.25) is 5.91 Å². The van der Waals surface area contributed by atoms with Crippen molar-refractivity contribution in [1.82, 2.24) is 10.6 Å². The largest absolute Gasteiger partial charge is 0.355 e. The number of hydrogen-bond acceptors (Lipinski definition) is 2. The van der Waals surface area contributed by atoms with Crippen LogP contribution in [0.5, 0.6) is 0 Å². The van der Waals surface area contributed by atoms with Crippen LogP contribution in [0.1, 0.15) is 22.6 Å². The van der Waals surface area contributed by atoms with E-state index in [0.29, 0.717) is 0 Å². The minimum absolute atomic E-state index is 0. The normalized spacial score (nSPS) is 24.7. The Kier molecular flexibility index (Phi) is 2.68. The quantitative estimate of drug-likeness (QED) is 0.591. The predicted molar refractivity (Wildman–Crippen MR) is 43.9 cm³/mol. The van der Waals surface area contributed by atoms with E-state index < -0.39 is 0 Å². The highest BCUT2D eigenvalue weighted by Crippen LogP contribution is 2.03. The van der Waals surface area contributed by atoms with Crippen molar-refractivity contribution in [3.8, 4) is 0 Å². The molecule has 0 aliphatic carbocycles. The summed E-state index contributed by atoms with van der Waals surface area (Å²) in [4.78, 5) is 11.1. The molecule has 1 heterocycles. The summed E-state index contributed by atoms with van der Waals surface area (Å²) in [5.74, 6) is 0.153. The number of nitrogens with one attached hydrogen (secondary N) is 2. The summed E-state index contributed by atoms with van der Waals surface area (Å²) in [7, 11) is 0. The lowest BCUT2D eigenvalue weighted by atomic mass is 10.2. The third kappa shape index (κ3) is 1.70. The maximum Gasteiger partial charge on any atom is 0.237 e. The average molecular weight is 146 g/mol. The van der Waals surface area contributed by atoms with Crippen molar-refractivity contribution in [1.29, 1.82) is 0 Å². The molecule has 0 aromatic carbocycles. The third-order valence-electron chi connectivity index (χ3n) is 1.73. The molecule has 1 aliphatic rings. The van der Waals surface area contributed by atoms with Gasteiger partial charge < -0.3 is 10.6 Å². The number of carbonyl (C=O) groups is 1. The Hall–Kier alpha value is -0.570. The van der Waals surface area contributed by atoms with Gasteiger partial charge in [-0.05, 0) is 26.3 Å². The standard InChI is InChI=1S/C7H14N2O.2H2/c1-2-8-7(10)6-4-3-5-9-6;;/h6,9H,2-5H2,1H3,(H,8,10);2*1H. The molecule has 1 rings (SSSR count). The second-order valence-electron chi connectivity index (χ2n) is 2.54. The zero-order valence-electron chi connectivity index (χ0n) is 6.31. The number of amides is 1. The Labute approximate surface area is 64.2 Å². The maximum atomic E-state index is 11.1. The van der Waals surface area contributed by atoms with Crippen LogP contribution in [0.25, 0.3) is 0 Å². The molecule has 1 atom stereocenters. The first-order valence-corrected chi connectivity index (χ1v) is 3.85. The fourth-order valence-corrected chi connectivity index (χ4v) is 1.21. The molecule has 0 aromatic heterocycles. The summed E-state index contributed by atoms with van der Waals surface area (Å²) < 4.78 is 0. The first-order valence-electron chi connectivity index (χ1n) is 3.85. The van der Waals surface area contributed by atoms with Gasteiger partial charge in [-0.3, -0.25) is 4.79 Å². The molecule has 1 saturated heterocycles. The van der Waals surface area contributed by atoms with Crippen LogP contribution < -0.4 is 10.6 Å². The summed E-state index contributed by atoms with van der Waals surface area (Å²) in [5.41, 5.74) is 0. The molecule has 3 nitrogen and oxygen atoms in total. The van der Waals surface area contributed by atoms with E-state index in [-0.39, 0.29) is 14.8 Å². The molecule has 0 saturated carbocycles. The van der Waals surface area contributed by atoms with Gasteiger partial charge in [-0.15, -0.1) is 0 Å². The molecule has 0 radical (unpaired) electrons. The Morgan fingerprint density at radius 1 is 1.90 bits per heavy atom. The third-order valence-corrected chi connectivity index (χ3v) is 1.73. The number of likely N-dealkylation sites (N-methyl/N-ethyl adjacent to an activating group) is 1. The van der Waals surface area contributed by atoms with Crippen LogP contribution in [0.3, 0.4) is 0 Å². The van der Waals surface area contributed by atoms with Crippen molar-refractivity contribution in [3.63, 3.8) is 0 Å². The first-order chi connectivity index (χ1) is 4.84. The second kappa shape index (κ2) is 3.56. The first kappa shape index (κ1) is 7.54. The monoisotopic (exact) mass is 146 g/mol. The van der Waals surface area contributed by atoms with Gasteiger partial charge in [0.1, 0.15) is 0 Å². The summed E-state index contributed by atoms with van der Waals surface area (Å²) >= 11 is 0. The van der Waals surface area contributed by atoms with Gasteiger partial charge in [0.25, 0.3) is 0 Å². The smallest absolute Gasteiger partial charge is 0.237 e. The van der Waals surface area contributed by atoms with E-state index in [1.807, 2.05) is 6.92 Å². The molecule has 1 amide bonds. The second-order valence-corrected chi connectivity index (χ2v) is 2.54. The summed E-state index contributed by atoms with van der Waals surface area (Å²) in [5, 5.41) is 5.92. The van der Waals surface area contributed by atoms with Gasteiger partial charge in [-0.1, -0.05) is 0 Å². The fourth-order valence-electron chi connectivity index (χ4n) is 1.21. The van der Waals surface area contributed by atoms with E-state index in [1.54, 1.807) is 0 Å². The summed E-state index contributed by atoms with van der Waals surface area (Å²) in [6.07, 6.45) is 2.12. The Balaban J connectivity index is 0. The van der Waals surface area contributed by atoms with Gasteiger partial charge in [0, 0.05) is 9.40 Å². The lowest BCUT2D eigenvalue weighted by molar-refractivity contribution is -0.122. The zero-order valence-corrected chi connectivity index (χ0v) is 6.31. The highest BCUT2D eigenvalue weighted by Gasteiger charge is 2.20. The summed E-state index contributed by atoms with van der Waals surface area (Å²) in [6, 6.07) is 0.0833. The van der Waals surface area contributed by atoms with Crippen molar-refractivity contribution in [2.24, 2.45) is 0 Å². The van der Waals surface area contributed by atoms with Crippen LogP contribution >= 0.6 is 0 Å². The van der Waals surface area contributed by atoms with Crippen molar-refractivity contribution in [2.45, 2.75) is 25.8 Å². The topological polar surface area (TPSA) is 41.1 Å². The lowest BCUT2D eigenvalue weighted by Gasteiger charge is -2.08. The van der Waals surface area contributed by atoms with E-state index in [4.69, 9.17) is 0 Å². The molecule has 62 valence electrons. The van der Waals surface area contributed by atoms with Gasteiger partial charge in [0.05, 0.1) is 6.04 Å². The van der Waals surface area contributed by atoms with Crippen molar-refractivity contribution in [2.75, 3.05) is 13.1 Å². The van der Waals surface area contributed by atoms with E-state index in [1.165, 1.54) is 0 Å². The van der Waals surface area contributed by atoms with Gasteiger partial charge >= 0.3 is 0 Å². The predicted octanol–water partition coefficient (Wildman–Crippen LogP) is 0.366. The van der Waals surface area contributed by atoms with Crippen LogP contribution in [-0.2, 0) is 4.79 Å². The minimum atomic E-state index is 0. The molecular formula is C7H18N2O. The van der Waals surface area contributed by atoms with Crippen LogP contribution in [-0.4, -0.2) is 25.0 Å². The maximum absolute atomic E-state index is 11.1. The molecule has 0 bridgehead atoms. The highest BCUT2D eigenvalue weighted by molar-refractivity contribution is 5.81. The Morgan fingerprint density at radius 2 is 2.70 bits per heavy atom. The summed E-state index contributed by atoms with van der Waals surface area (Å²) in [6.45, 7) is 3.66. The van der Waals surface area contributed by atoms with Crippen LogP contribution in [0.2, 0.25) is 0 Å². The number of hydrogen-bond donors (Lipinski definition) is 2. The lowest BCUT2D eigenvalue weighted by Crippen LogP contribution is -2.40. The van der Waals surface area contributed by atoms with E-state index in [2.05, 4.69) is 10.6 Å². The van der Waals surface area contributed by atoms with Crippen molar-refractivity contribution < 1.29 is 7.65 Å². The average Bonchev–Trinajstić information content (AvgIpc) is 2.38. The zero-order chi connectivity index (χ0) is 7.40. The van der Waals surface area contributed by atoms with Crippen LogP contribution in [0.15, 0.2) is 0 Å². The molecular weight excluding hydrogens is 128 g/mol. The van der Waals surface area contributed by atoms with E-state index in [9.17, 15) is 4.79 Å². The van der Waals surface area contributed by atoms with E-state index in [0.717, 1.165) is 25.9 Å². The van der Waals surface area contributed by atoms with Gasteiger partial charge in [-0.25, -0.2) is 0 Å². The van der Waals surface area contributed by atoms with E-state index >= 15 is 0 Å². The number of rotatable bonds is 2. The molecule has 2 N–H and O–H groups in total. The molecule has 1 unspecified atom stereocenters. The van der Waals surface area contributed by atoms with Gasteiger partial charge in [-0.2, -0.15) is 0 Å². The fraction of sp³-hybridized carbons (Fsp3) is 0.857. The highest BCUT2D eigenvalue weighted by atomic mass is 16.2. The van der Waals surface area contributed by atoms with Crippen LogP contribution in [0.4, 0.5) is 0 Å². The van der Waals surface area contributed by atoms with Gasteiger partial charge in [0.15, 0.2) is 0 Å². The molecule has 1 fully saturated rings. The molecule has 10 heavy (non-hydrogen) atoms. The van der Waals surface area contributed by atoms with Crippen molar-refractivity contribution in [3.05, 3.63) is 0 Å². The molecule has 3 heteroatoms. The Morgan fingerprint density at radius 3 is 3.20 bits per heavy atom. The van der Waals surface area contributed by atoms with Crippen LogP contribution in [0, 0.1) is 0 Å².